The van der Waals surface area contributed by atoms with Crippen LogP contribution < -0.4 is 0 Å². The van der Waals surface area contributed by atoms with Gasteiger partial charge >= 0.3 is 5.97 Å². The van der Waals surface area contributed by atoms with Gasteiger partial charge in [-0.05, 0) is 25.2 Å². The summed E-state index contributed by atoms with van der Waals surface area (Å²) < 4.78 is 11.8. The van der Waals surface area contributed by atoms with Crippen LogP contribution >= 0.6 is 0 Å². The average Bonchev–Trinajstić information content (AvgIpc) is 2.49. The molecule has 0 unspecified atom stereocenters. The molecule has 0 saturated carbocycles. The van der Waals surface area contributed by atoms with Crippen molar-refractivity contribution < 1.29 is 14.3 Å². The molecule has 0 aromatic heterocycles. The number of rotatable bonds is 7. The number of fused-ring (bicyclic) bond motifs is 2. The summed E-state index contributed by atoms with van der Waals surface area (Å²) in [5, 5.41) is 0. The highest BCUT2D eigenvalue weighted by Crippen LogP contribution is 2.53. The minimum atomic E-state index is -0.191. The van der Waals surface area contributed by atoms with Crippen molar-refractivity contribution in [3.05, 3.63) is 11.6 Å². The lowest BCUT2D eigenvalue weighted by molar-refractivity contribution is -0.180. The maximum Gasteiger partial charge on any atom is 0.302 e. The Bertz CT molecular complexity index is 442. The molecule has 3 nitrogen and oxygen atoms in total. The smallest absolute Gasteiger partial charge is 0.302 e. The molecule has 23 heavy (non-hydrogen) atoms. The number of ether oxygens (including phenoxy) is 2. The number of esters is 1. The molecule has 0 aromatic rings. The van der Waals surface area contributed by atoms with E-state index in [0.29, 0.717) is 37.1 Å². The third-order valence-corrected chi connectivity index (χ3v) is 6.24. The lowest BCUT2D eigenvalue weighted by atomic mass is 9.56. The molecule has 1 aliphatic heterocycles. The minimum absolute atomic E-state index is 0.0598. The molecule has 0 N–H and O–H groups in total. The van der Waals surface area contributed by atoms with Crippen LogP contribution in [-0.4, -0.2) is 25.3 Å². The van der Waals surface area contributed by atoms with Crippen LogP contribution in [0.25, 0.3) is 0 Å². The SMILES string of the molecule is CCCCCC[C@H]1OC[C@@]2(COC(C)=O)[C@H](C)C=C(C)[C@@H]1[C@@H]2C. The molecule has 2 rings (SSSR count). The van der Waals surface area contributed by atoms with Crippen molar-refractivity contribution in [3.8, 4) is 0 Å². The fourth-order valence-electron chi connectivity index (χ4n) is 4.66. The van der Waals surface area contributed by atoms with E-state index in [0.717, 1.165) is 6.42 Å². The van der Waals surface area contributed by atoms with Crippen LogP contribution in [0.15, 0.2) is 11.6 Å². The monoisotopic (exact) mass is 322 g/mol. The van der Waals surface area contributed by atoms with Crippen LogP contribution in [0.4, 0.5) is 0 Å². The molecule has 1 fully saturated rings. The quantitative estimate of drug-likeness (QED) is 0.385. The van der Waals surface area contributed by atoms with E-state index >= 15 is 0 Å². The first-order valence-corrected chi connectivity index (χ1v) is 9.35. The summed E-state index contributed by atoms with van der Waals surface area (Å²) in [6, 6.07) is 0. The molecule has 0 amide bonds. The van der Waals surface area contributed by atoms with Gasteiger partial charge in [-0.15, -0.1) is 0 Å². The Morgan fingerprint density at radius 2 is 2.09 bits per heavy atom. The number of carbonyl (C=O) groups excluding carboxylic acids is 1. The molecule has 0 aromatic carbocycles. The minimum Gasteiger partial charge on any atom is -0.465 e. The predicted molar refractivity (Wildman–Crippen MR) is 93.1 cm³/mol. The molecule has 3 heteroatoms. The van der Waals surface area contributed by atoms with Crippen LogP contribution in [0.1, 0.15) is 66.7 Å². The van der Waals surface area contributed by atoms with Gasteiger partial charge in [-0.2, -0.15) is 0 Å². The van der Waals surface area contributed by atoms with Gasteiger partial charge in [0.25, 0.3) is 0 Å². The number of unbranched alkanes of at least 4 members (excludes halogenated alkanes) is 3. The Morgan fingerprint density at radius 3 is 2.74 bits per heavy atom. The molecule has 0 radical (unpaired) electrons. The zero-order valence-electron chi connectivity index (χ0n) is 15.6. The van der Waals surface area contributed by atoms with Crippen LogP contribution in [0, 0.1) is 23.2 Å². The van der Waals surface area contributed by atoms with Crippen molar-refractivity contribution >= 4 is 5.97 Å². The van der Waals surface area contributed by atoms with Crippen LogP contribution in [0.2, 0.25) is 0 Å². The first kappa shape index (κ1) is 18.5. The Kier molecular flexibility index (Phi) is 6.30. The Labute approximate surface area is 141 Å². The zero-order valence-corrected chi connectivity index (χ0v) is 15.6. The number of carbonyl (C=O) groups is 1. The van der Waals surface area contributed by atoms with Gasteiger partial charge < -0.3 is 9.47 Å². The second kappa shape index (κ2) is 7.83. The first-order valence-electron chi connectivity index (χ1n) is 9.35. The van der Waals surface area contributed by atoms with E-state index in [2.05, 4.69) is 33.8 Å². The molecule has 2 bridgehead atoms. The van der Waals surface area contributed by atoms with Gasteiger partial charge in [0.05, 0.1) is 19.3 Å². The van der Waals surface area contributed by atoms with Crippen molar-refractivity contribution in [1.29, 1.82) is 0 Å². The number of allylic oxidation sites excluding steroid dienone is 1. The number of hydrogen-bond acceptors (Lipinski definition) is 3. The van der Waals surface area contributed by atoms with Gasteiger partial charge in [0.2, 0.25) is 0 Å². The summed E-state index contributed by atoms with van der Waals surface area (Å²) in [7, 11) is 0. The van der Waals surface area contributed by atoms with E-state index in [9.17, 15) is 4.79 Å². The normalized spacial score (nSPS) is 36.5. The van der Waals surface area contributed by atoms with E-state index in [-0.39, 0.29) is 11.4 Å². The van der Waals surface area contributed by atoms with Crippen molar-refractivity contribution in [2.75, 3.05) is 13.2 Å². The third kappa shape index (κ3) is 3.81. The molecule has 1 aliphatic carbocycles. The topological polar surface area (TPSA) is 35.5 Å². The molecule has 1 saturated heterocycles. The second-order valence-electron chi connectivity index (χ2n) is 7.73. The lowest BCUT2D eigenvalue weighted by Gasteiger charge is -2.55. The molecular weight excluding hydrogens is 288 g/mol. The van der Waals surface area contributed by atoms with Crippen molar-refractivity contribution in [2.45, 2.75) is 72.8 Å². The highest BCUT2D eigenvalue weighted by Gasteiger charge is 2.53. The molecule has 132 valence electrons. The van der Waals surface area contributed by atoms with Gasteiger partial charge in [-0.3, -0.25) is 4.79 Å². The predicted octanol–water partition coefficient (Wildman–Crippen LogP) is 4.75. The van der Waals surface area contributed by atoms with E-state index in [1.807, 2.05) is 0 Å². The molecule has 1 heterocycles. The number of hydrogen-bond donors (Lipinski definition) is 0. The molecule has 5 atom stereocenters. The summed E-state index contributed by atoms with van der Waals surface area (Å²) in [4.78, 5) is 11.3. The van der Waals surface area contributed by atoms with E-state index in [4.69, 9.17) is 9.47 Å². The summed E-state index contributed by atoms with van der Waals surface area (Å²) in [6.45, 7) is 11.8. The van der Waals surface area contributed by atoms with E-state index in [1.165, 1.54) is 38.2 Å². The van der Waals surface area contributed by atoms with Gasteiger partial charge in [0.1, 0.15) is 0 Å². The zero-order chi connectivity index (χ0) is 17.0. The maximum atomic E-state index is 11.3. The lowest BCUT2D eigenvalue weighted by Crippen LogP contribution is -2.56. The highest BCUT2D eigenvalue weighted by molar-refractivity contribution is 5.65. The fraction of sp³-hybridized carbons (Fsp3) is 0.850. The Balaban J connectivity index is 2.11. The van der Waals surface area contributed by atoms with Gasteiger partial charge in [0.15, 0.2) is 0 Å². The van der Waals surface area contributed by atoms with Crippen molar-refractivity contribution in [2.24, 2.45) is 23.2 Å². The Morgan fingerprint density at radius 1 is 1.35 bits per heavy atom. The summed E-state index contributed by atoms with van der Waals surface area (Å²) in [6.07, 6.45) is 9.02. The largest absolute Gasteiger partial charge is 0.465 e. The first-order chi connectivity index (χ1) is 10.9. The van der Waals surface area contributed by atoms with Crippen LogP contribution in [0.3, 0.4) is 0 Å². The second-order valence-corrected chi connectivity index (χ2v) is 7.73. The van der Waals surface area contributed by atoms with Gasteiger partial charge in [0, 0.05) is 18.3 Å². The summed E-state index contributed by atoms with van der Waals surface area (Å²) >= 11 is 0. The molecular formula is C20H34O3. The average molecular weight is 322 g/mol. The van der Waals surface area contributed by atoms with Crippen LogP contribution in [0.5, 0.6) is 0 Å². The molecule has 0 spiro atoms. The highest BCUT2D eigenvalue weighted by atomic mass is 16.5. The third-order valence-electron chi connectivity index (χ3n) is 6.24. The van der Waals surface area contributed by atoms with Gasteiger partial charge in [-0.1, -0.05) is 58.1 Å². The van der Waals surface area contributed by atoms with E-state index in [1.54, 1.807) is 0 Å². The maximum absolute atomic E-state index is 11.3. The Hall–Kier alpha value is -0.830. The van der Waals surface area contributed by atoms with Crippen molar-refractivity contribution in [1.82, 2.24) is 0 Å². The summed E-state index contributed by atoms with van der Waals surface area (Å²) in [5.41, 5.74) is 1.40. The van der Waals surface area contributed by atoms with E-state index < -0.39 is 0 Å². The van der Waals surface area contributed by atoms with Crippen molar-refractivity contribution in [3.63, 3.8) is 0 Å². The van der Waals surface area contributed by atoms with Crippen LogP contribution in [-0.2, 0) is 14.3 Å². The van der Waals surface area contributed by atoms with Gasteiger partial charge in [-0.25, -0.2) is 0 Å². The summed E-state index contributed by atoms with van der Waals surface area (Å²) in [5.74, 6) is 1.15. The molecule has 2 aliphatic rings. The fourth-order valence-corrected chi connectivity index (χ4v) is 4.66. The standard InChI is InChI=1S/C20H34O3/c1-6-7-8-9-10-18-19-14(2)11-15(3)20(13-23-18,16(19)4)12-22-17(5)21/h11,15-16,18-19H,6-10,12-13H2,1-5H3/t15-,16+,18-,19-,20+/m1/s1.